The molecule has 138 valence electrons. The maximum Gasteiger partial charge on any atom is 0.418 e. The summed E-state index contributed by atoms with van der Waals surface area (Å²) in [5.41, 5.74) is -0.124. The second-order valence-electron chi connectivity index (χ2n) is 6.09. The standard InChI is InChI=1S/C18H13F3N4O2/c19-18(20,21)10-5-1-2-6-11(10)22-16(27)14-9-15(26)24-17-23-12-7-3-4-8-13(12)25(14)17/h1-8,14H,9H2,(H,22,27)(H,23,24,26). The lowest BCUT2D eigenvalue weighted by atomic mass is 10.1. The number of hydrogen-bond donors (Lipinski definition) is 2. The van der Waals surface area contributed by atoms with Gasteiger partial charge < -0.3 is 5.32 Å². The van der Waals surface area contributed by atoms with Crippen molar-refractivity contribution in [3.8, 4) is 0 Å². The van der Waals surface area contributed by atoms with Crippen molar-refractivity contribution in [1.29, 1.82) is 0 Å². The fourth-order valence-corrected chi connectivity index (χ4v) is 3.16. The van der Waals surface area contributed by atoms with E-state index in [0.29, 0.717) is 11.0 Å². The van der Waals surface area contributed by atoms with Gasteiger partial charge in [-0.25, -0.2) is 4.98 Å². The first kappa shape index (κ1) is 17.1. The molecule has 0 radical (unpaired) electrons. The first-order valence-electron chi connectivity index (χ1n) is 8.08. The minimum absolute atomic E-state index is 0.191. The van der Waals surface area contributed by atoms with Crippen molar-refractivity contribution in [3.63, 3.8) is 0 Å². The third-order valence-electron chi connectivity index (χ3n) is 4.33. The lowest BCUT2D eigenvalue weighted by Crippen LogP contribution is -2.35. The molecule has 6 nitrogen and oxygen atoms in total. The number of imidazole rings is 1. The number of fused-ring (bicyclic) bond motifs is 3. The topological polar surface area (TPSA) is 76.0 Å². The molecule has 1 unspecified atom stereocenters. The van der Waals surface area contributed by atoms with E-state index in [4.69, 9.17) is 0 Å². The predicted octanol–water partition coefficient (Wildman–Crippen LogP) is 3.58. The van der Waals surface area contributed by atoms with Crippen LogP contribution in [0, 0.1) is 0 Å². The Bertz CT molecular complexity index is 1060. The maximum atomic E-state index is 13.2. The van der Waals surface area contributed by atoms with E-state index in [0.717, 1.165) is 6.07 Å². The van der Waals surface area contributed by atoms with Gasteiger partial charge in [-0.15, -0.1) is 0 Å². The van der Waals surface area contributed by atoms with Crippen molar-refractivity contribution in [2.45, 2.75) is 18.6 Å². The van der Waals surface area contributed by atoms with Crippen LogP contribution in [0.3, 0.4) is 0 Å². The smallest absolute Gasteiger partial charge is 0.324 e. The lowest BCUT2D eigenvalue weighted by Gasteiger charge is -2.25. The Hall–Kier alpha value is -3.36. The van der Waals surface area contributed by atoms with E-state index < -0.39 is 29.6 Å². The van der Waals surface area contributed by atoms with Gasteiger partial charge >= 0.3 is 6.18 Å². The van der Waals surface area contributed by atoms with E-state index in [1.807, 2.05) is 0 Å². The van der Waals surface area contributed by atoms with Gasteiger partial charge in [-0.1, -0.05) is 24.3 Å². The third-order valence-corrected chi connectivity index (χ3v) is 4.33. The Balaban J connectivity index is 1.73. The van der Waals surface area contributed by atoms with Gasteiger partial charge in [0.2, 0.25) is 17.8 Å². The summed E-state index contributed by atoms with van der Waals surface area (Å²) >= 11 is 0. The fourth-order valence-electron chi connectivity index (χ4n) is 3.16. The number of hydrogen-bond acceptors (Lipinski definition) is 3. The fraction of sp³-hybridized carbons (Fsp3) is 0.167. The summed E-state index contributed by atoms with van der Waals surface area (Å²) in [6, 6.07) is 10.7. The number of rotatable bonds is 2. The number of benzene rings is 2. The quantitative estimate of drug-likeness (QED) is 0.720. The van der Waals surface area contributed by atoms with E-state index in [2.05, 4.69) is 15.6 Å². The van der Waals surface area contributed by atoms with Gasteiger partial charge in [-0.3, -0.25) is 19.5 Å². The largest absolute Gasteiger partial charge is 0.418 e. The molecule has 1 aliphatic rings. The second-order valence-corrected chi connectivity index (χ2v) is 6.09. The zero-order chi connectivity index (χ0) is 19.2. The highest BCUT2D eigenvalue weighted by Crippen LogP contribution is 2.36. The van der Waals surface area contributed by atoms with Crippen LogP contribution in [0.25, 0.3) is 11.0 Å². The molecular formula is C18H13F3N4O2. The zero-order valence-corrected chi connectivity index (χ0v) is 13.7. The molecule has 9 heteroatoms. The van der Waals surface area contributed by atoms with E-state index in [1.165, 1.54) is 22.8 Å². The molecule has 0 spiro atoms. The molecule has 3 aromatic rings. The lowest BCUT2D eigenvalue weighted by molar-refractivity contribution is -0.137. The monoisotopic (exact) mass is 374 g/mol. The second kappa shape index (κ2) is 6.11. The summed E-state index contributed by atoms with van der Waals surface area (Å²) in [5, 5.41) is 4.90. The number of carbonyl (C=O) groups excluding carboxylic acids is 2. The maximum absolute atomic E-state index is 13.2. The molecular weight excluding hydrogens is 361 g/mol. The first-order valence-corrected chi connectivity index (χ1v) is 8.08. The average Bonchev–Trinajstić information content (AvgIpc) is 2.98. The van der Waals surface area contributed by atoms with E-state index in [-0.39, 0.29) is 18.1 Å². The van der Waals surface area contributed by atoms with Gasteiger partial charge in [0.1, 0.15) is 6.04 Å². The highest BCUT2D eigenvalue weighted by atomic mass is 19.4. The van der Waals surface area contributed by atoms with E-state index >= 15 is 0 Å². The van der Waals surface area contributed by atoms with E-state index in [1.54, 1.807) is 24.3 Å². The Morgan fingerprint density at radius 3 is 2.63 bits per heavy atom. The molecule has 2 aromatic carbocycles. The van der Waals surface area contributed by atoms with Crippen molar-refractivity contribution in [1.82, 2.24) is 9.55 Å². The van der Waals surface area contributed by atoms with Gasteiger partial charge in [0.25, 0.3) is 0 Å². The summed E-state index contributed by atoms with van der Waals surface area (Å²) in [5.74, 6) is -0.954. The Morgan fingerprint density at radius 1 is 1.15 bits per heavy atom. The molecule has 0 aliphatic carbocycles. The van der Waals surface area contributed by atoms with Crippen molar-refractivity contribution >= 4 is 34.5 Å². The summed E-state index contributed by atoms with van der Waals surface area (Å²) < 4.78 is 41.0. The molecule has 0 fully saturated rings. The van der Waals surface area contributed by atoms with Crippen molar-refractivity contribution < 1.29 is 22.8 Å². The molecule has 4 rings (SSSR count). The number of para-hydroxylation sites is 3. The minimum Gasteiger partial charge on any atom is -0.324 e. The highest BCUT2D eigenvalue weighted by Gasteiger charge is 2.36. The molecule has 1 aliphatic heterocycles. The van der Waals surface area contributed by atoms with Gasteiger partial charge in [-0.05, 0) is 24.3 Å². The van der Waals surface area contributed by atoms with Crippen LogP contribution in [0.4, 0.5) is 24.8 Å². The van der Waals surface area contributed by atoms with Crippen LogP contribution >= 0.6 is 0 Å². The van der Waals surface area contributed by atoms with Crippen molar-refractivity contribution in [2.24, 2.45) is 0 Å². The number of nitrogens with zero attached hydrogens (tertiary/aromatic N) is 2. The number of amides is 2. The molecule has 0 bridgehead atoms. The van der Waals surface area contributed by atoms with Crippen LogP contribution in [0.5, 0.6) is 0 Å². The van der Waals surface area contributed by atoms with Crippen molar-refractivity contribution in [3.05, 3.63) is 54.1 Å². The van der Waals surface area contributed by atoms with Crippen LogP contribution in [-0.4, -0.2) is 21.4 Å². The summed E-state index contributed by atoms with van der Waals surface area (Å²) in [6.45, 7) is 0. The van der Waals surface area contributed by atoms with Crippen LogP contribution in [0.15, 0.2) is 48.5 Å². The van der Waals surface area contributed by atoms with Crippen LogP contribution in [-0.2, 0) is 15.8 Å². The molecule has 2 amide bonds. The SMILES string of the molecule is O=C1CC(C(=O)Nc2ccccc2C(F)(F)F)n2c(nc3ccccc32)N1. The summed E-state index contributed by atoms with van der Waals surface area (Å²) in [4.78, 5) is 29.0. The zero-order valence-electron chi connectivity index (χ0n) is 13.7. The summed E-state index contributed by atoms with van der Waals surface area (Å²) in [7, 11) is 0. The first-order chi connectivity index (χ1) is 12.8. The molecule has 2 N–H and O–H groups in total. The number of alkyl halides is 3. The third kappa shape index (κ3) is 3.01. The Labute approximate surface area is 151 Å². The van der Waals surface area contributed by atoms with Crippen molar-refractivity contribution in [2.75, 3.05) is 10.6 Å². The molecule has 27 heavy (non-hydrogen) atoms. The predicted molar refractivity (Wildman–Crippen MR) is 92.1 cm³/mol. The normalized spacial score (nSPS) is 16.7. The van der Waals surface area contributed by atoms with Crippen LogP contribution in [0.2, 0.25) is 0 Å². The highest BCUT2D eigenvalue weighted by molar-refractivity contribution is 6.03. The molecule has 0 saturated carbocycles. The molecule has 0 saturated heterocycles. The summed E-state index contributed by atoms with van der Waals surface area (Å²) in [6.07, 6.45) is -4.81. The van der Waals surface area contributed by atoms with Crippen LogP contribution < -0.4 is 10.6 Å². The van der Waals surface area contributed by atoms with Gasteiger partial charge in [0.05, 0.1) is 28.7 Å². The van der Waals surface area contributed by atoms with Gasteiger partial charge in [0.15, 0.2) is 0 Å². The van der Waals surface area contributed by atoms with E-state index in [9.17, 15) is 22.8 Å². The Morgan fingerprint density at radius 2 is 1.85 bits per heavy atom. The Kier molecular flexibility index (Phi) is 3.87. The number of carbonyl (C=O) groups is 2. The number of anilines is 2. The van der Waals surface area contributed by atoms with Gasteiger partial charge in [-0.2, -0.15) is 13.2 Å². The molecule has 1 aromatic heterocycles. The van der Waals surface area contributed by atoms with Crippen LogP contribution in [0.1, 0.15) is 18.0 Å². The molecule has 2 heterocycles. The number of nitrogens with one attached hydrogen (secondary N) is 2. The number of halogens is 3. The van der Waals surface area contributed by atoms with Gasteiger partial charge in [0, 0.05) is 0 Å². The minimum atomic E-state index is -4.61. The molecule has 1 atom stereocenters. The average molecular weight is 374 g/mol. The number of aromatic nitrogens is 2.